The van der Waals surface area contributed by atoms with Crippen molar-refractivity contribution in [1.29, 1.82) is 0 Å². The van der Waals surface area contributed by atoms with E-state index >= 15 is 0 Å². The van der Waals surface area contributed by atoms with Crippen LogP contribution in [0.2, 0.25) is 0 Å². The topological polar surface area (TPSA) is 53.5 Å². The molecule has 0 bridgehead atoms. The van der Waals surface area contributed by atoms with Crippen molar-refractivity contribution in [3.05, 3.63) is 59.8 Å². The van der Waals surface area contributed by atoms with Gasteiger partial charge >= 0.3 is 0 Å². The zero-order chi connectivity index (χ0) is 16.5. The van der Waals surface area contributed by atoms with E-state index in [2.05, 4.69) is 0 Å². The van der Waals surface area contributed by atoms with Crippen LogP contribution < -0.4 is 19.7 Å². The van der Waals surface area contributed by atoms with Gasteiger partial charge in [-0.05, 0) is 23.3 Å². The third kappa shape index (κ3) is 4.74. The molecular weight excluding hydrogens is 294 g/mol. The summed E-state index contributed by atoms with van der Waals surface area (Å²) in [5.41, 5.74) is 3.61. The third-order valence-corrected chi connectivity index (χ3v) is 3.21. The van der Waals surface area contributed by atoms with Crippen molar-refractivity contribution in [3.63, 3.8) is 0 Å². The summed E-state index contributed by atoms with van der Waals surface area (Å²) in [4.78, 5) is 4.90. The molecule has 0 saturated carbocycles. The molecule has 0 aliphatic heterocycles. The van der Waals surface area contributed by atoms with E-state index in [0.29, 0.717) is 23.9 Å². The maximum absolute atomic E-state index is 5.92. The first kappa shape index (κ1) is 16.9. The molecule has 5 nitrogen and oxygen atoms in total. The Morgan fingerprint density at radius 1 is 0.957 bits per heavy atom. The van der Waals surface area contributed by atoms with E-state index in [0.717, 1.165) is 11.1 Å². The van der Waals surface area contributed by atoms with Crippen molar-refractivity contribution in [2.24, 2.45) is 0 Å². The van der Waals surface area contributed by atoms with Gasteiger partial charge in [-0.2, -0.15) is 5.48 Å². The van der Waals surface area contributed by atoms with E-state index in [4.69, 9.17) is 19.0 Å². The van der Waals surface area contributed by atoms with Crippen LogP contribution in [0, 0.1) is 0 Å². The lowest BCUT2D eigenvalue weighted by atomic mass is 10.1. The highest BCUT2D eigenvalue weighted by molar-refractivity contribution is 5.61. The van der Waals surface area contributed by atoms with E-state index in [1.54, 1.807) is 26.8 Å². The molecule has 0 amide bonds. The number of rotatable bonds is 8. The molecule has 0 saturated heterocycles. The molecular formula is C18H22NO4+. The summed E-state index contributed by atoms with van der Waals surface area (Å²) >= 11 is 0. The van der Waals surface area contributed by atoms with Gasteiger partial charge in [0.15, 0.2) is 11.5 Å². The summed E-state index contributed by atoms with van der Waals surface area (Å²) < 4.78 is 16.7. The summed E-state index contributed by atoms with van der Waals surface area (Å²) in [6.07, 6.45) is 3.71. The number of ether oxygens (including phenoxy) is 3. The molecule has 0 heterocycles. The average Bonchev–Trinajstić information content (AvgIpc) is 2.60. The maximum atomic E-state index is 5.92. The zero-order valence-electron chi connectivity index (χ0n) is 13.6. The fraction of sp³-hybridized carbons (Fsp3) is 0.222. The molecule has 2 rings (SSSR count). The molecule has 0 aliphatic carbocycles. The minimum absolute atomic E-state index is 0.456. The highest BCUT2D eigenvalue weighted by Gasteiger charge is 2.13. The predicted octanol–water partition coefficient (Wildman–Crippen LogP) is 2.38. The maximum Gasteiger partial charge on any atom is 0.203 e. The predicted molar refractivity (Wildman–Crippen MR) is 88.3 cm³/mol. The molecule has 23 heavy (non-hydrogen) atoms. The number of hydroxylamine groups is 1. The lowest BCUT2D eigenvalue weighted by Gasteiger charge is -2.15. The van der Waals surface area contributed by atoms with Crippen molar-refractivity contribution < 1.29 is 24.5 Å². The van der Waals surface area contributed by atoms with Crippen LogP contribution in [0.25, 0.3) is 6.08 Å². The van der Waals surface area contributed by atoms with Gasteiger partial charge in [-0.15, -0.1) is 0 Å². The monoisotopic (exact) mass is 316 g/mol. The fourth-order valence-corrected chi connectivity index (χ4v) is 2.12. The fourth-order valence-electron chi connectivity index (χ4n) is 2.12. The van der Waals surface area contributed by atoms with Crippen LogP contribution in [-0.4, -0.2) is 21.3 Å². The van der Waals surface area contributed by atoms with Crippen molar-refractivity contribution >= 4 is 6.08 Å². The van der Waals surface area contributed by atoms with Gasteiger partial charge < -0.3 is 14.2 Å². The minimum atomic E-state index is 0.456. The van der Waals surface area contributed by atoms with Crippen molar-refractivity contribution in [1.82, 2.24) is 0 Å². The largest absolute Gasteiger partial charge is 0.493 e. The average molecular weight is 316 g/mol. The van der Waals surface area contributed by atoms with Gasteiger partial charge in [-0.25, -0.2) is 4.84 Å². The highest BCUT2D eigenvalue weighted by Crippen LogP contribution is 2.39. The summed E-state index contributed by atoms with van der Waals surface area (Å²) in [5, 5.41) is 0. The standard InChI is InChI=1S/C18H21NO4/c1-20-16-11-15(9-10-19-22-3)12-17(18(16)21-2)23-13-14-7-5-4-6-8-14/h4-12,19H,13H2,1-3H3/p+1/b10-9+. The Kier molecular flexibility index (Phi) is 6.47. The van der Waals surface area contributed by atoms with Crippen LogP contribution in [0.3, 0.4) is 0 Å². The number of hydrogen-bond acceptors (Lipinski definition) is 4. The Bertz CT molecular complexity index is 641. The van der Waals surface area contributed by atoms with Crippen LogP contribution in [-0.2, 0) is 11.4 Å². The molecule has 0 fully saturated rings. The Labute approximate surface area is 136 Å². The second kappa shape index (κ2) is 8.82. The van der Waals surface area contributed by atoms with Crippen LogP contribution in [0.15, 0.2) is 48.7 Å². The zero-order valence-corrected chi connectivity index (χ0v) is 13.6. The van der Waals surface area contributed by atoms with Crippen LogP contribution in [0.4, 0.5) is 0 Å². The number of benzene rings is 2. The third-order valence-electron chi connectivity index (χ3n) is 3.21. The molecule has 5 heteroatoms. The summed E-state index contributed by atoms with van der Waals surface area (Å²) in [5.74, 6) is 1.83. The number of nitrogens with two attached hydrogens (primary N) is 1. The lowest BCUT2D eigenvalue weighted by molar-refractivity contribution is -0.841. The molecule has 0 radical (unpaired) electrons. The van der Waals surface area contributed by atoms with E-state index in [1.165, 1.54) is 0 Å². The smallest absolute Gasteiger partial charge is 0.203 e. The SMILES string of the molecule is CO[NH2+]/C=C/c1cc(OC)c(OC)c(OCc2ccccc2)c1. The van der Waals surface area contributed by atoms with Gasteiger partial charge in [0.25, 0.3) is 0 Å². The Morgan fingerprint density at radius 2 is 1.70 bits per heavy atom. The van der Waals surface area contributed by atoms with E-state index in [-0.39, 0.29) is 0 Å². The molecule has 0 atom stereocenters. The highest BCUT2D eigenvalue weighted by atomic mass is 16.6. The van der Waals surface area contributed by atoms with Gasteiger partial charge in [0.1, 0.15) is 12.8 Å². The lowest BCUT2D eigenvalue weighted by Crippen LogP contribution is -2.75. The Balaban J connectivity index is 2.25. The van der Waals surface area contributed by atoms with Crippen molar-refractivity contribution in [3.8, 4) is 17.2 Å². The molecule has 2 N–H and O–H groups in total. The summed E-state index contributed by atoms with van der Waals surface area (Å²) in [7, 11) is 4.81. The summed E-state index contributed by atoms with van der Waals surface area (Å²) in [6, 6.07) is 13.8. The minimum Gasteiger partial charge on any atom is -0.493 e. The number of hydrogen-bond donors (Lipinski definition) is 1. The molecule has 2 aromatic rings. The molecule has 0 aliphatic rings. The molecule has 2 aromatic carbocycles. The van der Waals surface area contributed by atoms with Crippen LogP contribution >= 0.6 is 0 Å². The Morgan fingerprint density at radius 3 is 2.35 bits per heavy atom. The molecule has 0 unspecified atom stereocenters. The first-order valence-electron chi connectivity index (χ1n) is 7.24. The van der Waals surface area contributed by atoms with E-state index < -0.39 is 0 Å². The molecule has 0 spiro atoms. The van der Waals surface area contributed by atoms with E-state index in [1.807, 2.05) is 54.7 Å². The number of methoxy groups -OCH3 is 2. The van der Waals surface area contributed by atoms with Gasteiger partial charge in [-0.3, -0.25) is 0 Å². The number of quaternary nitrogens is 1. The summed E-state index contributed by atoms with van der Waals surface area (Å²) in [6.45, 7) is 0.456. The quantitative estimate of drug-likeness (QED) is 0.760. The van der Waals surface area contributed by atoms with Crippen molar-refractivity contribution in [2.45, 2.75) is 6.61 Å². The first-order valence-corrected chi connectivity index (χ1v) is 7.24. The van der Waals surface area contributed by atoms with Crippen molar-refractivity contribution in [2.75, 3.05) is 21.3 Å². The van der Waals surface area contributed by atoms with Gasteiger partial charge in [0.2, 0.25) is 5.75 Å². The Hall–Kier alpha value is -2.50. The van der Waals surface area contributed by atoms with Gasteiger partial charge in [0.05, 0.1) is 21.3 Å². The molecule has 0 aromatic heterocycles. The van der Waals surface area contributed by atoms with Crippen LogP contribution in [0.1, 0.15) is 11.1 Å². The molecule has 122 valence electrons. The van der Waals surface area contributed by atoms with Gasteiger partial charge in [0, 0.05) is 6.08 Å². The van der Waals surface area contributed by atoms with Gasteiger partial charge in [-0.1, -0.05) is 30.3 Å². The second-order valence-corrected chi connectivity index (χ2v) is 4.76. The first-order chi connectivity index (χ1) is 11.3. The normalized spacial score (nSPS) is 10.7. The second-order valence-electron chi connectivity index (χ2n) is 4.76. The van der Waals surface area contributed by atoms with E-state index in [9.17, 15) is 0 Å². The van der Waals surface area contributed by atoms with Crippen LogP contribution in [0.5, 0.6) is 17.2 Å².